The average molecular weight is 761 g/mol. The van der Waals surface area contributed by atoms with Crippen LogP contribution in [0.4, 0.5) is 0 Å². The molecule has 10 aromatic rings. The van der Waals surface area contributed by atoms with E-state index >= 15 is 0 Å². The molecule has 0 spiro atoms. The van der Waals surface area contributed by atoms with E-state index in [4.69, 9.17) is 15.0 Å². The Morgan fingerprint density at radius 3 is 1.51 bits per heavy atom. The first-order valence-electron chi connectivity index (χ1n) is 20.7. The molecule has 284 valence electrons. The highest BCUT2D eigenvalue weighted by Crippen LogP contribution is 2.50. The molecule has 1 aliphatic carbocycles. The second-order valence-corrected chi connectivity index (χ2v) is 17.5. The van der Waals surface area contributed by atoms with Crippen molar-refractivity contribution in [2.24, 2.45) is 0 Å². The third-order valence-corrected chi connectivity index (χ3v) is 12.9. The maximum atomic E-state index is 5.15. The van der Waals surface area contributed by atoms with E-state index in [1.54, 1.807) is 0 Å². The van der Waals surface area contributed by atoms with Crippen molar-refractivity contribution >= 4 is 43.4 Å². The Morgan fingerprint density at radius 1 is 0.390 bits per heavy atom. The van der Waals surface area contributed by atoms with Crippen molar-refractivity contribution in [3.05, 3.63) is 181 Å². The van der Waals surface area contributed by atoms with Gasteiger partial charge in [0.2, 0.25) is 0 Å². The summed E-state index contributed by atoms with van der Waals surface area (Å²) in [6.07, 6.45) is 2.33. The standard InChI is InChI=1S/C55H44N4/c1-54(2)30-31-55(3,4)47-34-48-45(33-46(47)54)49-43-24-13-11-22-41(43)42-23-12-14-25-44(42)50(49)59(48)40-28-26-37(27-29-40)52-56-51(36-18-9-6-10-19-36)57-53(58-52)39-21-15-20-38(32-39)35-16-7-5-8-17-35/h5-29,32-34H,30-31H2,1-4H3. The molecule has 0 aliphatic heterocycles. The van der Waals surface area contributed by atoms with E-state index in [0.717, 1.165) is 39.9 Å². The van der Waals surface area contributed by atoms with Gasteiger partial charge in [0.05, 0.1) is 11.0 Å². The van der Waals surface area contributed by atoms with Gasteiger partial charge in [0.1, 0.15) is 0 Å². The molecule has 11 rings (SSSR count). The first kappa shape index (κ1) is 35.3. The topological polar surface area (TPSA) is 43.6 Å². The number of nitrogens with zero attached hydrogens (tertiary/aromatic N) is 4. The molecule has 2 aromatic heterocycles. The fourth-order valence-electron chi connectivity index (χ4n) is 9.58. The van der Waals surface area contributed by atoms with Gasteiger partial charge in [0.25, 0.3) is 0 Å². The number of fused-ring (bicyclic) bond motifs is 9. The minimum atomic E-state index is 0.0712. The van der Waals surface area contributed by atoms with Crippen molar-refractivity contribution in [3.63, 3.8) is 0 Å². The van der Waals surface area contributed by atoms with E-state index in [1.807, 2.05) is 24.3 Å². The number of hydrogen-bond acceptors (Lipinski definition) is 3. The maximum Gasteiger partial charge on any atom is 0.164 e. The molecule has 4 heteroatoms. The largest absolute Gasteiger partial charge is 0.309 e. The zero-order valence-corrected chi connectivity index (χ0v) is 33.9. The molecule has 0 saturated heterocycles. The second kappa shape index (κ2) is 13.3. The quantitative estimate of drug-likeness (QED) is 0.164. The molecule has 0 amide bonds. The van der Waals surface area contributed by atoms with Crippen molar-refractivity contribution in [1.29, 1.82) is 0 Å². The molecule has 2 heterocycles. The molecule has 0 atom stereocenters. The Labute approximate surface area is 344 Å². The van der Waals surface area contributed by atoms with E-state index in [-0.39, 0.29) is 10.8 Å². The predicted octanol–water partition coefficient (Wildman–Crippen LogP) is 14.3. The fraction of sp³-hybridized carbons (Fsp3) is 0.145. The molecule has 0 radical (unpaired) electrons. The third-order valence-electron chi connectivity index (χ3n) is 12.9. The van der Waals surface area contributed by atoms with Crippen LogP contribution >= 0.6 is 0 Å². The third kappa shape index (κ3) is 5.77. The summed E-state index contributed by atoms with van der Waals surface area (Å²) < 4.78 is 2.52. The van der Waals surface area contributed by atoms with Gasteiger partial charge in [-0.15, -0.1) is 0 Å². The Balaban J connectivity index is 1.13. The summed E-state index contributed by atoms with van der Waals surface area (Å²) in [6, 6.07) is 60.9. The summed E-state index contributed by atoms with van der Waals surface area (Å²) in [5.41, 5.74) is 11.8. The van der Waals surface area contributed by atoms with Gasteiger partial charge in [-0.1, -0.05) is 155 Å². The van der Waals surface area contributed by atoms with E-state index < -0.39 is 0 Å². The Morgan fingerprint density at radius 2 is 0.864 bits per heavy atom. The van der Waals surface area contributed by atoms with Crippen LogP contribution in [0.2, 0.25) is 0 Å². The van der Waals surface area contributed by atoms with Gasteiger partial charge in [-0.2, -0.15) is 0 Å². The van der Waals surface area contributed by atoms with Crippen molar-refractivity contribution in [3.8, 4) is 51.0 Å². The molecule has 0 bridgehead atoms. The Bertz CT molecular complexity index is 3250. The molecule has 0 unspecified atom stereocenters. The summed E-state index contributed by atoms with van der Waals surface area (Å²) in [5, 5.41) is 7.72. The average Bonchev–Trinajstić information content (AvgIpc) is 3.63. The van der Waals surface area contributed by atoms with Gasteiger partial charge >= 0.3 is 0 Å². The van der Waals surface area contributed by atoms with Crippen molar-refractivity contribution in [2.45, 2.75) is 51.4 Å². The van der Waals surface area contributed by atoms with Crippen LogP contribution in [0, 0.1) is 0 Å². The molecular formula is C55H44N4. The highest BCUT2D eigenvalue weighted by Gasteiger charge is 2.38. The van der Waals surface area contributed by atoms with Crippen molar-refractivity contribution < 1.29 is 0 Å². The minimum Gasteiger partial charge on any atom is -0.309 e. The number of aromatic nitrogens is 4. The maximum absolute atomic E-state index is 5.15. The second-order valence-electron chi connectivity index (χ2n) is 17.5. The van der Waals surface area contributed by atoms with Crippen molar-refractivity contribution in [2.75, 3.05) is 0 Å². The number of rotatable bonds is 5. The van der Waals surface area contributed by atoms with Crippen LogP contribution < -0.4 is 0 Å². The highest BCUT2D eigenvalue weighted by atomic mass is 15.0. The van der Waals surface area contributed by atoms with E-state index in [1.165, 1.54) is 60.9 Å². The van der Waals surface area contributed by atoms with Crippen molar-refractivity contribution in [1.82, 2.24) is 19.5 Å². The van der Waals surface area contributed by atoms with Gasteiger partial charge in [0.15, 0.2) is 17.5 Å². The van der Waals surface area contributed by atoms with Crippen LogP contribution in [0.1, 0.15) is 51.7 Å². The number of hydrogen-bond donors (Lipinski definition) is 0. The van der Waals surface area contributed by atoms with Crippen LogP contribution in [0.15, 0.2) is 170 Å². The van der Waals surface area contributed by atoms with Gasteiger partial charge in [0, 0.05) is 38.5 Å². The highest BCUT2D eigenvalue weighted by molar-refractivity contribution is 6.32. The van der Waals surface area contributed by atoms with Gasteiger partial charge < -0.3 is 4.57 Å². The molecule has 0 N–H and O–H groups in total. The molecule has 0 fully saturated rings. The van der Waals surface area contributed by atoms with Crippen LogP contribution in [0.3, 0.4) is 0 Å². The predicted molar refractivity (Wildman–Crippen MR) is 246 cm³/mol. The van der Waals surface area contributed by atoms with E-state index in [2.05, 4.69) is 178 Å². The molecule has 59 heavy (non-hydrogen) atoms. The molecular weight excluding hydrogens is 717 g/mol. The van der Waals surface area contributed by atoms with Crippen LogP contribution in [0.25, 0.3) is 94.3 Å². The smallest absolute Gasteiger partial charge is 0.164 e. The fourth-order valence-corrected chi connectivity index (χ4v) is 9.58. The first-order valence-corrected chi connectivity index (χ1v) is 20.7. The van der Waals surface area contributed by atoms with Gasteiger partial charge in [-0.25, -0.2) is 15.0 Å². The summed E-state index contributed by atoms with van der Waals surface area (Å²) in [4.78, 5) is 15.3. The molecule has 4 nitrogen and oxygen atoms in total. The molecule has 8 aromatic carbocycles. The van der Waals surface area contributed by atoms with Gasteiger partial charge in [-0.3, -0.25) is 0 Å². The summed E-state index contributed by atoms with van der Waals surface area (Å²) >= 11 is 0. The van der Waals surface area contributed by atoms with E-state index in [0.29, 0.717) is 17.5 Å². The first-order chi connectivity index (χ1) is 28.7. The Hall–Kier alpha value is -6.91. The minimum absolute atomic E-state index is 0.0712. The molecule has 1 aliphatic rings. The summed E-state index contributed by atoms with van der Waals surface area (Å²) in [5.74, 6) is 1.94. The SMILES string of the molecule is CC1(C)CCC(C)(C)c2cc3c(cc21)c1c2ccccc2c2ccccc2c1n3-c1ccc(-c2nc(-c3ccccc3)nc(-c3cccc(-c4ccccc4)c3)n2)cc1. The molecule has 0 saturated carbocycles. The Kier molecular flexibility index (Phi) is 7.96. The summed E-state index contributed by atoms with van der Waals surface area (Å²) in [6.45, 7) is 9.69. The van der Waals surface area contributed by atoms with Crippen LogP contribution in [-0.4, -0.2) is 19.5 Å². The zero-order chi connectivity index (χ0) is 39.9. The lowest BCUT2D eigenvalue weighted by Crippen LogP contribution is -2.33. The lowest BCUT2D eigenvalue weighted by molar-refractivity contribution is 0.332. The normalized spacial score (nSPS) is 14.6. The van der Waals surface area contributed by atoms with E-state index in [9.17, 15) is 0 Å². The van der Waals surface area contributed by atoms with Gasteiger partial charge in [-0.05, 0) is 105 Å². The summed E-state index contributed by atoms with van der Waals surface area (Å²) in [7, 11) is 0. The zero-order valence-electron chi connectivity index (χ0n) is 33.9. The van der Waals surface area contributed by atoms with Crippen LogP contribution in [0.5, 0.6) is 0 Å². The monoisotopic (exact) mass is 760 g/mol. The number of benzene rings is 8. The van der Waals surface area contributed by atoms with Crippen LogP contribution in [-0.2, 0) is 10.8 Å². The lowest BCUT2D eigenvalue weighted by Gasteiger charge is -2.42. The lowest BCUT2D eigenvalue weighted by atomic mass is 9.63.